The molecular formula is C29H34O8. The quantitative estimate of drug-likeness (QED) is 0.140. The summed E-state index contributed by atoms with van der Waals surface area (Å²) < 4.78 is 15.8. The van der Waals surface area contributed by atoms with Crippen LogP contribution in [0.25, 0.3) is 6.08 Å². The van der Waals surface area contributed by atoms with E-state index in [1.807, 2.05) is 13.8 Å². The Morgan fingerprint density at radius 1 is 0.757 bits per heavy atom. The highest BCUT2D eigenvalue weighted by molar-refractivity contribution is 5.98. The van der Waals surface area contributed by atoms with E-state index in [4.69, 9.17) is 19.3 Å². The number of rotatable bonds is 15. The van der Waals surface area contributed by atoms with E-state index >= 15 is 0 Å². The largest absolute Gasteiger partial charge is 0.478 e. The van der Waals surface area contributed by atoms with Crippen LogP contribution in [0.1, 0.15) is 78.7 Å². The minimum absolute atomic E-state index is 0.0870. The molecule has 0 aliphatic carbocycles. The number of carboxylic acid groups (broad SMARTS) is 1. The van der Waals surface area contributed by atoms with E-state index in [9.17, 15) is 19.2 Å². The highest BCUT2D eigenvalue weighted by Crippen LogP contribution is 2.16. The molecule has 0 spiro atoms. The Morgan fingerprint density at radius 3 is 1.76 bits per heavy atom. The summed E-state index contributed by atoms with van der Waals surface area (Å²) in [5.41, 5.74) is 1.02. The number of carboxylic acids is 1. The predicted molar refractivity (Wildman–Crippen MR) is 138 cm³/mol. The third-order valence-electron chi connectivity index (χ3n) is 5.43. The Kier molecular flexibility index (Phi) is 12.6. The van der Waals surface area contributed by atoms with Gasteiger partial charge in [-0.05, 0) is 54.8 Å². The van der Waals surface area contributed by atoms with Crippen LogP contribution in [0.4, 0.5) is 0 Å². The van der Waals surface area contributed by atoms with Gasteiger partial charge in [0.25, 0.3) is 0 Å². The van der Waals surface area contributed by atoms with Gasteiger partial charge in [0.2, 0.25) is 0 Å². The first kappa shape index (κ1) is 29.3. The maximum absolute atomic E-state index is 12.6. The fourth-order valence-corrected chi connectivity index (χ4v) is 3.25. The molecule has 0 heterocycles. The summed E-state index contributed by atoms with van der Waals surface area (Å²) in [6, 6.07) is 11.9. The molecule has 0 aromatic heterocycles. The lowest BCUT2D eigenvalue weighted by Gasteiger charge is -2.12. The van der Waals surface area contributed by atoms with Crippen molar-refractivity contribution in [2.45, 2.75) is 52.4 Å². The number of ether oxygens (including phenoxy) is 3. The molecule has 2 aromatic rings. The molecule has 0 saturated carbocycles. The van der Waals surface area contributed by atoms with Gasteiger partial charge in [-0.1, -0.05) is 63.8 Å². The van der Waals surface area contributed by atoms with Crippen molar-refractivity contribution >= 4 is 30.0 Å². The van der Waals surface area contributed by atoms with Crippen LogP contribution in [-0.4, -0.2) is 42.2 Å². The fraction of sp³-hybridized carbons (Fsp3) is 0.379. The number of carbonyl (C=O) groups is 4. The van der Waals surface area contributed by atoms with Crippen LogP contribution >= 0.6 is 0 Å². The molecule has 0 atom stereocenters. The summed E-state index contributed by atoms with van der Waals surface area (Å²) >= 11 is 0. The zero-order chi connectivity index (χ0) is 27.0. The molecule has 0 radical (unpaired) electrons. The van der Waals surface area contributed by atoms with E-state index in [1.54, 1.807) is 30.3 Å². The van der Waals surface area contributed by atoms with Gasteiger partial charge in [-0.15, -0.1) is 0 Å². The van der Waals surface area contributed by atoms with Gasteiger partial charge in [0.15, 0.2) is 5.92 Å². The van der Waals surface area contributed by atoms with Crippen LogP contribution in [0, 0.1) is 5.92 Å². The van der Waals surface area contributed by atoms with Crippen molar-refractivity contribution in [2.24, 2.45) is 5.92 Å². The van der Waals surface area contributed by atoms with Gasteiger partial charge in [0, 0.05) is 0 Å². The molecule has 37 heavy (non-hydrogen) atoms. The Balaban J connectivity index is 2.03. The molecule has 0 fully saturated rings. The third kappa shape index (κ3) is 10.3. The Labute approximate surface area is 217 Å². The molecule has 2 rings (SSSR count). The average molecular weight is 511 g/mol. The SMILES string of the molecule is CCCCCOC(=O)C(C=Cc1ccc(C(=O)Oc2ccc(C(=O)O)cc2)cc1)C(=O)OCCCCC. The molecule has 0 saturated heterocycles. The van der Waals surface area contributed by atoms with Crippen molar-refractivity contribution in [1.82, 2.24) is 0 Å². The second-order valence-electron chi connectivity index (χ2n) is 8.43. The van der Waals surface area contributed by atoms with Gasteiger partial charge < -0.3 is 19.3 Å². The van der Waals surface area contributed by atoms with Crippen LogP contribution in [0.15, 0.2) is 54.6 Å². The third-order valence-corrected chi connectivity index (χ3v) is 5.43. The van der Waals surface area contributed by atoms with Gasteiger partial charge in [0.05, 0.1) is 24.3 Å². The van der Waals surface area contributed by atoms with E-state index in [1.165, 1.54) is 30.3 Å². The lowest BCUT2D eigenvalue weighted by atomic mass is 10.1. The molecule has 0 aliphatic rings. The number of aromatic carboxylic acids is 1. The normalized spacial score (nSPS) is 10.9. The van der Waals surface area contributed by atoms with Crippen molar-refractivity contribution in [2.75, 3.05) is 13.2 Å². The second-order valence-corrected chi connectivity index (χ2v) is 8.43. The molecule has 8 heteroatoms. The van der Waals surface area contributed by atoms with E-state index < -0.39 is 29.8 Å². The van der Waals surface area contributed by atoms with Gasteiger partial charge in [-0.25, -0.2) is 9.59 Å². The summed E-state index contributed by atoms with van der Waals surface area (Å²) in [6.45, 7) is 4.58. The topological polar surface area (TPSA) is 116 Å². The summed E-state index contributed by atoms with van der Waals surface area (Å²) in [6.07, 6.45) is 8.33. The first-order valence-corrected chi connectivity index (χ1v) is 12.5. The highest BCUT2D eigenvalue weighted by Gasteiger charge is 2.27. The maximum atomic E-state index is 12.6. The number of carbonyl (C=O) groups excluding carboxylic acids is 3. The average Bonchev–Trinajstić information content (AvgIpc) is 2.90. The molecule has 1 N–H and O–H groups in total. The summed E-state index contributed by atoms with van der Waals surface area (Å²) in [5.74, 6) is -3.94. The molecule has 8 nitrogen and oxygen atoms in total. The maximum Gasteiger partial charge on any atom is 0.343 e. The van der Waals surface area contributed by atoms with E-state index in [0.717, 1.165) is 38.5 Å². The standard InChI is InChI=1S/C29H34O8/c1-3-5-7-19-35-28(33)25(29(34)36-20-8-6-4-2)18-11-21-9-12-23(13-10-21)27(32)37-24-16-14-22(15-17-24)26(30)31/h9-18,25H,3-8,19-20H2,1-2H3,(H,30,31). The van der Waals surface area contributed by atoms with Crippen LogP contribution in [0.2, 0.25) is 0 Å². The molecule has 0 unspecified atom stereocenters. The van der Waals surface area contributed by atoms with Crippen molar-refractivity contribution < 1.29 is 38.5 Å². The van der Waals surface area contributed by atoms with Crippen molar-refractivity contribution in [3.05, 3.63) is 71.3 Å². The van der Waals surface area contributed by atoms with Gasteiger partial charge in [0.1, 0.15) is 5.75 Å². The molecule has 198 valence electrons. The van der Waals surface area contributed by atoms with Crippen molar-refractivity contribution in [1.29, 1.82) is 0 Å². The Bertz CT molecular complexity index is 1030. The monoisotopic (exact) mass is 510 g/mol. The van der Waals surface area contributed by atoms with Crippen LogP contribution in [0.5, 0.6) is 5.75 Å². The van der Waals surface area contributed by atoms with E-state index in [2.05, 4.69) is 0 Å². The minimum Gasteiger partial charge on any atom is -0.478 e. The number of unbranched alkanes of at least 4 members (excludes halogenated alkanes) is 4. The minimum atomic E-state index is -1.18. The first-order valence-electron chi connectivity index (χ1n) is 12.5. The highest BCUT2D eigenvalue weighted by atomic mass is 16.6. The van der Waals surface area contributed by atoms with E-state index in [-0.39, 0.29) is 30.1 Å². The van der Waals surface area contributed by atoms with Crippen LogP contribution in [-0.2, 0) is 19.1 Å². The van der Waals surface area contributed by atoms with Crippen LogP contribution < -0.4 is 4.74 Å². The number of esters is 3. The lowest BCUT2D eigenvalue weighted by Crippen LogP contribution is -2.27. The number of hydrogen-bond acceptors (Lipinski definition) is 7. The van der Waals surface area contributed by atoms with Crippen molar-refractivity contribution in [3.63, 3.8) is 0 Å². The van der Waals surface area contributed by atoms with Gasteiger partial charge in [-0.2, -0.15) is 0 Å². The van der Waals surface area contributed by atoms with Gasteiger partial charge in [-0.3, -0.25) is 9.59 Å². The summed E-state index contributed by atoms with van der Waals surface area (Å²) in [7, 11) is 0. The number of benzene rings is 2. The molecule has 2 aromatic carbocycles. The second kappa shape index (κ2) is 15.9. The van der Waals surface area contributed by atoms with Crippen molar-refractivity contribution in [3.8, 4) is 5.75 Å². The van der Waals surface area contributed by atoms with Gasteiger partial charge >= 0.3 is 23.9 Å². The number of hydrogen-bond donors (Lipinski definition) is 1. The molecule has 0 bridgehead atoms. The summed E-state index contributed by atoms with van der Waals surface area (Å²) in [4.78, 5) is 48.5. The molecule has 0 amide bonds. The summed E-state index contributed by atoms with van der Waals surface area (Å²) in [5, 5.41) is 8.95. The zero-order valence-electron chi connectivity index (χ0n) is 21.3. The predicted octanol–water partition coefficient (Wildman–Crippen LogP) is 5.70. The fourth-order valence-electron chi connectivity index (χ4n) is 3.25. The lowest BCUT2D eigenvalue weighted by molar-refractivity contribution is -0.159. The van der Waals surface area contributed by atoms with E-state index in [0.29, 0.717) is 5.56 Å². The Morgan fingerprint density at radius 2 is 1.27 bits per heavy atom. The molecular weight excluding hydrogens is 476 g/mol. The van der Waals surface area contributed by atoms with Crippen LogP contribution in [0.3, 0.4) is 0 Å². The first-order chi connectivity index (χ1) is 17.8. The molecule has 0 aliphatic heterocycles. The zero-order valence-corrected chi connectivity index (χ0v) is 21.3. The smallest absolute Gasteiger partial charge is 0.343 e. The Hall–Kier alpha value is -3.94.